The summed E-state index contributed by atoms with van der Waals surface area (Å²) in [5, 5.41) is 14.4. The van der Waals surface area contributed by atoms with Gasteiger partial charge in [0.2, 0.25) is 5.95 Å². The van der Waals surface area contributed by atoms with Crippen LogP contribution in [0.15, 0.2) is 30.3 Å². The minimum absolute atomic E-state index is 0.0457. The van der Waals surface area contributed by atoms with Gasteiger partial charge in [0.1, 0.15) is 11.6 Å². The Morgan fingerprint density at radius 1 is 1.17 bits per heavy atom. The van der Waals surface area contributed by atoms with E-state index >= 15 is 0 Å². The Morgan fingerprint density at radius 2 is 1.92 bits per heavy atom. The number of phenols is 1. The highest BCUT2D eigenvalue weighted by Gasteiger charge is 2.14. The molecule has 0 amide bonds. The maximum absolute atomic E-state index is 13.5. The van der Waals surface area contributed by atoms with Crippen molar-refractivity contribution in [2.75, 3.05) is 5.73 Å². The molecule has 3 rings (SSSR count). The highest BCUT2D eigenvalue weighted by atomic mass is 19.1. The minimum Gasteiger partial charge on any atom is -0.507 e. The summed E-state index contributed by atoms with van der Waals surface area (Å²) < 4.78 is 15.2. The fourth-order valence-electron chi connectivity index (χ4n) is 2.59. The lowest BCUT2D eigenvalue weighted by Crippen LogP contribution is -2.01. The number of halogens is 1. The predicted octanol–water partition coefficient (Wildman–Crippen LogP) is 2.92. The summed E-state index contributed by atoms with van der Waals surface area (Å²) >= 11 is 0. The lowest BCUT2D eigenvalue weighted by molar-refractivity contribution is 0.475. The Hall–Kier alpha value is -2.96. The maximum Gasteiger partial charge on any atom is 0.221 e. The zero-order valence-electron chi connectivity index (χ0n) is 13.5. The fourth-order valence-corrected chi connectivity index (χ4v) is 2.59. The molecule has 0 spiro atoms. The van der Waals surface area contributed by atoms with Crippen molar-refractivity contribution in [3.63, 3.8) is 0 Å². The minimum atomic E-state index is -0.465. The number of nitrogens with zero attached hydrogens (tertiary/aromatic N) is 4. The topological polar surface area (TPSA) is 89.9 Å². The van der Waals surface area contributed by atoms with Crippen LogP contribution < -0.4 is 5.73 Å². The molecule has 0 aliphatic heterocycles. The number of hydrogen-bond acceptors (Lipinski definition) is 5. The van der Waals surface area contributed by atoms with E-state index in [1.165, 1.54) is 18.2 Å². The molecule has 7 heteroatoms. The Bertz CT molecular complexity index is 891. The number of aromatic hydroxyl groups is 1. The van der Waals surface area contributed by atoms with Gasteiger partial charge in [-0.2, -0.15) is 5.10 Å². The number of nitrogens with two attached hydrogens (primary N) is 1. The van der Waals surface area contributed by atoms with Crippen LogP contribution in [0.5, 0.6) is 5.75 Å². The van der Waals surface area contributed by atoms with Crippen molar-refractivity contribution < 1.29 is 9.50 Å². The second-order valence-electron chi connectivity index (χ2n) is 5.55. The molecule has 0 fully saturated rings. The molecule has 0 bridgehead atoms. The molecule has 0 atom stereocenters. The Balaban J connectivity index is 2.11. The normalized spacial score (nSPS) is 11.0. The van der Waals surface area contributed by atoms with Gasteiger partial charge in [0, 0.05) is 12.6 Å². The summed E-state index contributed by atoms with van der Waals surface area (Å²) in [6.45, 7) is 2.09. The number of aryl methyl sites for hydroxylation is 2. The number of anilines is 1. The van der Waals surface area contributed by atoms with Gasteiger partial charge in [0.25, 0.3) is 0 Å². The van der Waals surface area contributed by atoms with E-state index < -0.39 is 5.82 Å². The standard InChI is InChI=1S/C17H18FN5O/c1-3-4-11-8-15(23(2)22-11)14-9-13(20-17(19)21-14)12-7-10(18)5-6-16(12)24/h5-9,24H,3-4H2,1-2H3,(H2,19,20,21). The molecule has 0 radical (unpaired) electrons. The fraction of sp³-hybridized carbons (Fsp3) is 0.235. The van der Waals surface area contributed by atoms with E-state index in [2.05, 4.69) is 22.0 Å². The summed E-state index contributed by atoms with van der Waals surface area (Å²) in [6.07, 6.45) is 1.86. The molecular formula is C17H18FN5O. The SMILES string of the molecule is CCCc1cc(-c2cc(-c3cc(F)ccc3O)nc(N)n2)n(C)n1. The van der Waals surface area contributed by atoms with Crippen molar-refractivity contribution in [2.24, 2.45) is 7.05 Å². The van der Waals surface area contributed by atoms with Gasteiger partial charge in [0.15, 0.2) is 0 Å². The zero-order valence-corrected chi connectivity index (χ0v) is 13.5. The van der Waals surface area contributed by atoms with Crippen molar-refractivity contribution in [3.8, 4) is 28.4 Å². The van der Waals surface area contributed by atoms with Crippen LogP contribution in [0.4, 0.5) is 10.3 Å². The third-order valence-corrected chi connectivity index (χ3v) is 3.68. The number of phenolic OH excluding ortho intramolecular Hbond substituents is 1. The van der Waals surface area contributed by atoms with E-state index in [4.69, 9.17) is 5.73 Å². The number of benzene rings is 1. The first-order chi connectivity index (χ1) is 11.5. The molecule has 1 aromatic carbocycles. The summed E-state index contributed by atoms with van der Waals surface area (Å²) in [7, 11) is 1.83. The van der Waals surface area contributed by atoms with Crippen LogP contribution in [-0.2, 0) is 13.5 Å². The van der Waals surface area contributed by atoms with E-state index in [0.717, 1.165) is 24.2 Å². The van der Waals surface area contributed by atoms with Gasteiger partial charge >= 0.3 is 0 Å². The zero-order chi connectivity index (χ0) is 17.3. The molecule has 0 saturated carbocycles. The summed E-state index contributed by atoms with van der Waals surface area (Å²) in [4.78, 5) is 8.36. The molecule has 3 N–H and O–H groups in total. The van der Waals surface area contributed by atoms with Crippen LogP contribution in [0.3, 0.4) is 0 Å². The first-order valence-electron chi connectivity index (χ1n) is 7.64. The van der Waals surface area contributed by atoms with Crippen LogP contribution >= 0.6 is 0 Å². The van der Waals surface area contributed by atoms with Crippen molar-refractivity contribution in [2.45, 2.75) is 19.8 Å². The van der Waals surface area contributed by atoms with Crippen molar-refractivity contribution in [1.82, 2.24) is 19.7 Å². The third kappa shape index (κ3) is 3.05. The van der Waals surface area contributed by atoms with Gasteiger partial charge in [-0.1, -0.05) is 13.3 Å². The first-order valence-corrected chi connectivity index (χ1v) is 7.64. The second kappa shape index (κ2) is 6.27. The molecule has 0 aliphatic rings. The van der Waals surface area contributed by atoms with Crippen LogP contribution in [0.25, 0.3) is 22.6 Å². The van der Waals surface area contributed by atoms with Crippen LogP contribution in [0.1, 0.15) is 19.0 Å². The monoisotopic (exact) mass is 327 g/mol. The van der Waals surface area contributed by atoms with Gasteiger partial charge in [0.05, 0.1) is 22.8 Å². The maximum atomic E-state index is 13.5. The number of aromatic nitrogens is 4. The van der Waals surface area contributed by atoms with Gasteiger partial charge in [-0.05, 0) is 36.8 Å². The molecule has 24 heavy (non-hydrogen) atoms. The van der Waals surface area contributed by atoms with E-state index in [0.29, 0.717) is 11.4 Å². The van der Waals surface area contributed by atoms with E-state index in [-0.39, 0.29) is 17.3 Å². The van der Waals surface area contributed by atoms with Gasteiger partial charge in [-0.3, -0.25) is 4.68 Å². The van der Waals surface area contributed by atoms with E-state index in [1.54, 1.807) is 10.7 Å². The van der Waals surface area contributed by atoms with Crippen LogP contribution in [0, 0.1) is 5.82 Å². The summed E-state index contributed by atoms with van der Waals surface area (Å²) in [5.41, 5.74) is 8.74. The third-order valence-electron chi connectivity index (χ3n) is 3.68. The molecule has 0 unspecified atom stereocenters. The van der Waals surface area contributed by atoms with Gasteiger partial charge in [-0.25, -0.2) is 14.4 Å². The van der Waals surface area contributed by atoms with Crippen molar-refractivity contribution in [3.05, 3.63) is 41.8 Å². The largest absolute Gasteiger partial charge is 0.507 e. The first kappa shape index (κ1) is 15.9. The lowest BCUT2D eigenvalue weighted by atomic mass is 10.1. The molecule has 2 aromatic heterocycles. The molecule has 124 valence electrons. The molecule has 0 aliphatic carbocycles. The van der Waals surface area contributed by atoms with Gasteiger partial charge in [-0.15, -0.1) is 0 Å². The molecule has 6 nitrogen and oxygen atoms in total. The Morgan fingerprint density at radius 3 is 2.67 bits per heavy atom. The molecule has 3 aromatic rings. The van der Waals surface area contributed by atoms with Crippen LogP contribution in [0.2, 0.25) is 0 Å². The van der Waals surface area contributed by atoms with Crippen molar-refractivity contribution >= 4 is 5.95 Å². The number of hydrogen-bond donors (Lipinski definition) is 2. The Labute approximate surface area is 138 Å². The molecule has 0 saturated heterocycles. The average molecular weight is 327 g/mol. The lowest BCUT2D eigenvalue weighted by Gasteiger charge is -2.08. The average Bonchev–Trinajstić information content (AvgIpc) is 2.90. The van der Waals surface area contributed by atoms with Crippen LogP contribution in [-0.4, -0.2) is 24.9 Å². The highest BCUT2D eigenvalue weighted by molar-refractivity contribution is 5.72. The summed E-state index contributed by atoms with van der Waals surface area (Å²) in [6, 6.07) is 7.29. The van der Waals surface area contributed by atoms with E-state index in [1.807, 2.05) is 13.1 Å². The van der Waals surface area contributed by atoms with Crippen molar-refractivity contribution in [1.29, 1.82) is 0 Å². The second-order valence-corrected chi connectivity index (χ2v) is 5.55. The predicted molar refractivity (Wildman–Crippen MR) is 89.7 cm³/mol. The Kier molecular flexibility index (Phi) is 4.16. The van der Waals surface area contributed by atoms with Gasteiger partial charge < -0.3 is 10.8 Å². The smallest absolute Gasteiger partial charge is 0.221 e. The molecular weight excluding hydrogens is 309 g/mol. The highest BCUT2D eigenvalue weighted by Crippen LogP contribution is 2.31. The quantitative estimate of drug-likeness (QED) is 0.769. The number of rotatable bonds is 4. The van der Waals surface area contributed by atoms with E-state index in [9.17, 15) is 9.50 Å². The number of nitrogen functional groups attached to an aromatic ring is 1. The molecule has 2 heterocycles. The summed E-state index contributed by atoms with van der Waals surface area (Å²) in [5.74, 6) is -0.492.